The van der Waals surface area contributed by atoms with Gasteiger partial charge in [0, 0.05) is 0 Å². The Morgan fingerprint density at radius 1 is 0.650 bits per heavy atom. The first-order valence-electron chi connectivity index (χ1n) is 8.52. The summed E-state index contributed by atoms with van der Waals surface area (Å²) in [5, 5.41) is 10.7. The van der Waals surface area contributed by atoms with E-state index in [2.05, 4.69) is 19.1 Å². The average Bonchev–Trinajstić information content (AvgIpc) is 2.50. The summed E-state index contributed by atoms with van der Waals surface area (Å²) in [5.74, 6) is 0. The molecule has 0 aliphatic rings. The summed E-state index contributed by atoms with van der Waals surface area (Å²) in [7, 11) is 0. The Morgan fingerprint density at radius 2 is 1.10 bits per heavy atom. The molecule has 0 N–H and O–H groups in total. The predicted octanol–water partition coefficient (Wildman–Crippen LogP) is 6.08. The van der Waals surface area contributed by atoms with Crippen LogP contribution in [0.4, 0.5) is 0 Å². The van der Waals surface area contributed by atoms with E-state index >= 15 is 0 Å². The molecule has 1 nitrogen and oxygen atoms in total. The van der Waals surface area contributed by atoms with Crippen LogP contribution < -0.4 is 0 Å². The van der Waals surface area contributed by atoms with E-state index in [0.29, 0.717) is 0 Å². The lowest BCUT2D eigenvalue weighted by Gasteiger charge is -2.03. The Morgan fingerprint density at radius 3 is 1.60 bits per heavy atom. The maximum absolute atomic E-state index is 10.7. The molecule has 20 heavy (non-hydrogen) atoms. The van der Waals surface area contributed by atoms with Gasteiger partial charge in [0.25, 0.3) is 0 Å². The SMILES string of the molecule is CCCCCCCCCCCCc1ccc(C[O])cc1. The molecule has 0 bridgehead atoms. The van der Waals surface area contributed by atoms with Gasteiger partial charge in [0.2, 0.25) is 0 Å². The first-order valence-corrected chi connectivity index (χ1v) is 8.52. The highest BCUT2D eigenvalue weighted by Crippen LogP contribution is 2.13. The third-order valence-corrected chi connectivity index (χ3v) is 4.01. The van der Waals surface area contributed by atoms with Crippen molar-refractivity contribution in [2.75, 3.05) is 0 Å². The lowest BCUT2D eigenvalue weighted by molar-refractivity contribution is 0.177. The lowest BCUT2D eigenvalue weighted by atomic mass is 10.0. The largest absolute Gasteiger partial charge is 0.232 e. The van der Waals surface area contributed by atoms with Gasteiger partial charge in [0.05, 0.1) is 0 Å². The van der Waals surface area contributed by atoms with Crippen molar-refractivity contribution in [2.45, 2.75) is 84.2 Å². The van der Waals surface area contributed by atoms with E-state index in [4.69, 9.17) is 0 Å². The van der Waals surface area contributed by atoms with Crippen LogP contribution in [0.1, 0.15) is 82.3 Å². The van der Waals surface area contributed by atoms with E-state index in [1.807, 2.05) is 12.1 Å². The average molecular weight is 275 g/mol. The minimum Gasteiger partial charge on any atom is -0.232 e. The monoisotopic (exact) mass is 275 g/mol. The van der Waals surface area contributed by atoms with Gasteiger partial charge in [-0.25, -0.2) is 5.11 Å². The fraction of sp³-hybridized carbons (Fsp3) is 0.684. The first kappa shape index (κ1) is 17.2. The van der Waals surface area contributed by atoms with Gasteiger partial charge in [0.1, 0.15) is 6.61 Å². The standard InChI is InChI=1S/C19H31O/c1-2-3-4-5-6-7-8-9-10-11-12-18-13-15-19(17-20)16-14-18/h13-16H,2-12,17H2,1H3. The normalized spacial score (nSPS) is 10.9. The van der Waals surface area contributed by atoms with Crippen molar-refractivity contribution in [1.82, 2.24) is 0 Å². The number of hydrogen-bond donors (Lipinski definition) is 0. The first-order chi connectivity index (χ1) is 9.86. The molecule has 1 heteroatoms. The summed E-state index contributed by atoms with van der Waals surface area (Å²) in [4.78, 5) is 0. The molecule has 1 aromatic carbocycles. The zero-order valence-electron chi connectivity index (χ0n) is 13.2. The number of aryl methyl sites for hydroxylation is 1. The maximum Gasteiger partial charge on any atom is 0.107 e. The minimum atomic E-state index is -0.0987. The second-order valence-corrected chi connectivity index (χ2v) is 5.89. The van der Waals surface area contributed by atoms with Crippen molar-refractivity contribution in [2.24, 2.45) is 0 Å². The van der Waals surface area contributed by atoms with Gasteiger partial charge in [-0.3, -0.25) is 0 Å². The Hall–Kier alpha value is -0.820. The van der Waals surface area contributed by atoms with E-state index in [0.717, 1.165) is 12.0 Å². The Kier molecular flexibility index (Phi) is 10.3. The highest BCUT2D eigenvalue weighted by Gasteiger charge is 1.96. The van der Waals surface area contributed by atoms with Crippen molar-refractivity contribution in [3.8, 4) is 0 Å². The summed E-state index contributed by atoms with van der Waals surface area (Å²) in [5.41, 5.74) is 2.28. The Labute approximate surface area is 125 Å². The van der Waals surface area contributed by atoms with Crippen molar-refractivity contribution < 1.29 is 5.11 Å². The van der Waals surface area contributed by atoms with Crippen LogP contribution in [0.5, 0.6) is 0 Å². The smallest absolute Gasteiger partial charge is 0.107 e. The van der Waals surface area contributed by atoms with Crippen LogP contribution >= 0.6 is 0 Å². The van der Waals surface area contributed by atoms with Gasteiger partial charge in [-0.1, -0.05) is 89.0 Å². The highest BCUT2D eigenvalue weighted by molar-refractivity contribution is 5.21. The number of rotatable bonds is 12. The molecule has 0 atom stereocenters. The Bertz CT molecular complexity index is 315. The second-order valence-electron chi connectivity index (χ2n) is 5.89. The quantitative estimate of drug-likeness (QED) is 0.412. The molecule has 0 fully saturated rings. The third kappa shape index (κ3) is 8.37. The summed E-state index contributed by atoms with van der Waals surface area (Å²) < 4.78 is 0. The van der Waals surface area contributed by atoms with Crippen molar-refractivity contribution >= 4 is 0 Å². The van der Waals surface area contributed by atoms with Gasteiger partial charge in [-0.15, -0.1) is 0 Å². The molecule has 1 rings (SSSR count). The third-order valence-electron chi connectivity index (χ3n) is 4.01. The van der Waals surface area contributed by atoms with Gasteiger partial charge in [-0.05, 0) is 24.0 Å². The van der Waals surface area contributed by atoms with Crippen LogP contribution in [0.15, 0.2) is 24.3 Å². The number of benzene rings is 1. The fourth-order valence-electron chi connectivity index (χ4n) is 2.62. The minimum absolute atomic E-state index is 0.0987. The summed E-state index contributed by atoms with van der Waals surface area (Å²) >= 11 is 0. The second kappa shape index (κ2) is 12.0. The van der Waals surface area contributed by atoms with Crippen LogP contribution in [0.25, 0.3) is 0 Å². The van der Waals surface area contributed by atoms with Crippen LogP contribution in [0.2, 0.25) is 0 Å². The van der Waals surface area contributed by atoms with E-state index in [1.165, 1.54) is 69.8 Å². The van der Waals surface area contributed by atoms with Gasteiger partial charge in [-0.2, -0.15) is 0 Å². The van der Waals surface area contributed by atoms with Crippen LogP contribution in [0, 0.1) is 0 Å². The van der Waals surface area contributed by atoms with E-state index in [-0.39, 0.29) is 6.61 Å². The van der Waals surface area contributed by atoms with E-state index < -0.39 is 0 Å². The molecule has 0 amide bonds. The fourth-order valence-corrected chi connectivity index (χ4v) is 2.62. The van der Waals surface area contributed by atoms with Gasteiger partial charge >= 0.3 is 0 Å². The predicted molar refractivity (Wildman–Crippen MR) is 86.4 cm³/mol. The van der Waals surface area contributed by atoms with Crippen LogP contribution in [-0.4, -0.2) is 0 Å². The maximum atomic E-state index is 10.7. The summed E-state index contributed by atoms with van der Waals surface area (Å²) in [6.45, 7) is 2.17. The zero-order chi connectivity index (χ0) is 14.5. The molecular formula is C19H31O. The van der Waals surface area contributed by atoms with Gasteiger partial charge in [0.15, 0.2) is 0 Å². The molecule has 0 aliphatic heterocycles. The van der Waals surface area contributed by atoms with E-state index in [9.17, 15) is 5.11 Å². The van der Waals surface area contributed by atoms with Gasteiger partial charge < -0.3 is 0 Å². The molecule has 0 aromatic heterocycles. The topological polar surface area (TPSA) is 19.9 Å². The zero-order valence-corrected chi connectivity index (χ0v) is 13.2. The van der Waals surface area contributed by atoms with Crippen molar-refractivity contribution in [1.29, 1.82) is 0 Å². The highest BCUT2D eigenvalue weighted by atomic mass is 16.3. The summed E-state index contributed by atoms with van der Waals surface area (Å²) in [6, 6.07) is 8.17. The molecule has 0 aliphatic carbocycles. The van der Waals surface area contributed by atoms with E-state index in [1.54, 1.807) is 0 Å². The van der Waals surface area contributed by atoms with Crippen molar-refractivity contribution in [3.63, 3.8) is 0 Å². The molecular weight excluding hydrogens is 244 g/mol. The number of unbranched alkanes of at least 4 members (excludes halogenated alkanes) is 9. The van der Waals surface area contributed by atoms with Crippen LogP contribution in [0.3, 0.4) is 0 Å². The molecule has 1 aromatic rings. The van der Waals surface area contributed by atoms with Crippen LogP contribution in [-0.2, 0) is 18.1 Å². The summed E-state index contributed by atoms with van der Waals surface area (Å²) in [6.07, 6.45) is 15.0. The molecule has 0 heterocycles. The molecule has 0 saturated carbocycles. The van der Waals surface area contributed by atoms with Crippen molar-refractivity contribution in [3.05, 3.63) is 35.4 Å². The molecule has 1 radical (unpaired) electrons. The molecule has 0 saturated heterocycles. The lowest BCUT2D eigenvalue weighted by Crippen LogP contribution is -1.88. The Balaban J connectivity index is 1.91. The molecule has 113 valence electrons. The molecule has 0 spiro atoms. The molecule has 0 unspecified atom stereocenters. The number of hydrogen-bond acceptors (Lipinski definition) is 0.